The third-order valence-electron chi connectivity index (χ3n) is 2.89. The van der Waals surface area contributed by atoms with Gasteiger partial charge in [0.25, 0.3) is 0 Å². The Balaban J connectivity index is 1.87. The van der Waals surface area contributed by atoms with E-state index in [1.165, 1.54) is 0 Å². The number of ketones is 1. The van der Waals surface area contributed by atoms with Gasteiger partial charge in [-0.05, 0) is 36.4 Å². The summed E-state index contributed by atoms with van der Waals surface area (Å²) in [5.74, 6) is 0.640. The highest BCUT2D eigenvalue weighted by molar-refractivity contribution is 6.30. The van der Waals surface area contributed by atoms with Gasteiger partial charge in [-0.25, -0.2) is 9.97 Å². The van der Waals surface area contributed by atoms with Gasteiger partial charge in [0, 0.05) is 34.7 Å². The summed E-state index contributed by atoms with van der Waals surface area (Å²) < 4.78 is 1.77. The molecule has 20 heavy (non-hydrogen) atoms. The number of benzene rings is 1. The predicted octanol–water partition coefficient (Wildman–Crippen LogP) is 3.15. The van der Waals surface area contributed by atoms with Gasteiger partial charge in [0.1, 0.15) is 12.1 Å². The molecule has 3 aromatic rings. The van der Waals surface area contributed by atoms with Crippen LogP contribution in [0, 0.1) is 0 Å². The number of carbonyl (C=O) groups excluding carboxylic acids is 1. The molecule has 0 radical (unpaired) electrons. The summed E-state index contributed by atoms with van der Waals surface area (Å²) in [6.45, 7) is 0. The number of imidazole rings is 1. The van der Waals surface area contributed by atoms with Crippen molar-refractivity contribution in [3.8, 4) is 5.82 Å². The summed E-state index contributed by atoms with van der Waals surface area (Å²) in [5.41, 5.74) is 1.13. The molecule has 0 fully saturated rings. The van der Waals surface area contributed by atoms with Crippen LogP contribution in [0.1, 0.15) is 15.9 Å². The fourth-order valence-corrected chi connectivity index (χ4v) is 1.96. The van der Waals surface area contributed by atoms with Gasteiger partial charge >= 0.3 is 0 Å². The lowest BCUT2D eigenvalue weighted by Crippen LogP contribution is -2.03. The van der Waals surface area contributed by atoms with Crippen molar-refractivity contribution < 1.29 is 4.79 Å². The van der Waals surface area contributed by atoms with E-state index < -0.39 is 0 Å². The topological polar surface area (TPSA) is 47.8 Å². The van der Waals surface area contributed by atoms with Gasteiger partial charge in [0.2, 0.25) is 0 Å². The largest absolute Gasteiger partial charge is 0.291 e. The van der Waals surface area contributed by atoms with E-state index in [4.69, 9.17) is 11.6 Å². The molecule has 0 N–H and O–H groups in total. The van der Waals surface area contributed by atoms with Gasteiger partial charge in [0.15, 0.2) is 5.78 Å². The second-order valence-electron chi connectivity index (χ2n) is 4.21. The molecule has 98 valence electrons. The van der Waals surface area contributed by atoms with Crippen molar-refractivity contribution in [2.75, 3.05) is 0 Å². The molecule has 0 bridgehead atoms. The predicted molar refractivity (Wildman–Crippen MR) is 76.2 cm³/mol. The summed E-state index contributed by atoms with van der Waals surface area (Å²) >= 11 is 5.81. The maximum atomic E-state index is 12.3. The number of nitrogens with zero attached hydrogens (tertiary/aromatic N) is 3. The van der Waals surface area contributed by atoms with Gasteiger partial charge in [0.05, 0.1) is 0 Å². The Morgan fingerprint density at radius 3 is 2.40 bits per heavy atom. The molecular weight excluding hydrogens is 274 g/mol. The summed E-state index contributed by atoms with van der Waals surface area (Å²) in [4.78, 5) is 20.5. The Kier molecular flexibility index (Phi) is 3.31. The van der Waals surface area contributed by atoms with Gasteiger partial charge < -0.3 is 0 Å². The van der Waals surface area contributed by atoms with Crippen LogP contribution in [0.3, 0.4) is 0 Å². The van der Waals surface area contributed by atoms with Crippen LogP contribution in [-0.4, -0.2) is 20.3 Å². The Morgan fingerprint density at radius 1 is 1.05 bits per heavy atom. The molecular formula is C15H10ClN3O. The normalized spacial score (nSPS) is 10.4. The zero-order valence-electron chi connectivity index (χ0n) is 10.4. The monoisotopic (exact) mass is 283 g/mol. The van der Waals surface area contributed by atoms with E-state index in [2.05, 4.69) is 9.97 Å². The summed E-state index contributed by atoms with van der Waals surface area (Å²) in [6.07, 6.45) is 6.69. The van der Waals surface area contributed by atoms with E-state index in [0.29, 0.717) is 16.1 Å². The van der Waals surface area contributed by atoms with E-state index in [9.17, 15) is 4.79 Å². The average molecular weight is 284 g/mol. The number of halogens is 1. The lowest BCUT2D eigenvalue weighted by molar-refractivity contribution is 0.103. The van der Waals surface area contributed by atoms with Crippen molar-refractivity contribution in [1.82, 2.24) is 14.5 Å². The fourth-order valence-electron chi connectivity index (χ4n) is 1.84. The van der Waals surface area contributed by atoms with E-state index >= 15 is 0 Å². The van der Waals surface area contributed by atoms with Gasteiger partial charge in [-0.3, -0.25) is 9.36 Å². The van der Waals surface area contributed by atoms with Crippen molar-refractivity contribution >= 4 is 17.4 Å². The Labute approximate surface area is 120 Å². The quantitative estimate of drug-likeness (QED) is 0.694. The third kappa shape index (κ3) is 2.46. The molecule has 0 aliphatic rings. The van der Waals surface area contributed by atoms with Crippen LogP contribution in [-0.2, 0) is 0 Å². The molecule has 0 saturated carbocycles. The summed E-state index contributed by atoms with van der Waals surface area (Å²) in [5, 5.41) is 0.607. The standard InChI is InChI=1S/C15H10ClN3O/c16-13-4-1-11(2-5-13)15(20)12-3-6-14(18-9-12)19-8-7-17-10-19/h1-10H. The van der Waals surface area contributed by atoms with Crippen molar-refractivity contribution in [2.45, 2.75) is 0 Å². The number of pyridine rings is 1. The van der Waals surface area contributed by atoms with Crippen LogP contribution in [0.15, 0.2) is 61.3 Å². The molecule has 5 heteroatoms. The molecule has 2 aromatic heterocycles. The van der Waals surface area contributed by atoms with Crippen LogP contribution in [0.4, 0.5) is 0 Å². The Morgan fingerprint density at radius 2 is 1.80 bits per heavy atom. The number of hydrogen-bond acceptors (Lipinski definition) is 3. The first-order valence-corrected chi connectivity index (χ1v) is 6.36. The van der Waals surface area contributed by atoms with Crippen molar-refractivity contribution in [3.63, 3.8) is 0 Å². The molecule has 1 aromatic carbocycles. The highest BCUT2D eigenvalue weighted by atomic mass is 35.5. The van der Waals surface area contributed by atoms with Crippen molar-refractivity contribution in [3.05, 3.63) is 77.5 Å². The summed E-state index contributed by atoms with van der Waals surface area (Å²) in [6, 6.07) is 10.3. The van der Waals surface area contributed by atoms with E-state index in [1.54, 1.807) is 65.9 Å². The highest BCUT2D eigenvalue weighted by Gasteiger charge is 2.09. The Hall–Kier alpha value is -2.46. The first-order valence-electron chi connectivity index (χ1n) is 5.99. The molecule has 0 unspecified atom stereocenters. The number of hydrogen-bond donors (Lipinski definition) is 0. The maximum absolute atomic E-state index is 12.3. The van der Waals surface area contributed by atoms with Gasteiger partial charge in [-0.1, -0.05) is 11.6 Å². The van der Waals surface area contributed by atoms with Crippen molar-refractivity contribution in [1.29, 1.82) is 0 Å². The molecule has 4 nitrogen and oxygen atoms in total. The van der Waals surface area contributed by atoms with E-state index in [-0.39, 0.29) is 5.78 Å². The minimum Gasteiger partial charge on any atom is -0.291 e. The first-order chi connectivity index (χ1) is 9.74. The SMILES string of the molecule is O=C(c1ccc(Cl)cc1)c1ccc(-n2ccnc2)nc1. The van der Waals surface area contributed by atoms with Crippen LogP contribution in [0.25, 0.3) is 5.82 Å². The van der Waals surface area contributed by atoms with Crippen LogP contribution >= 0.6 is 11.6 Å². The first kappa shape index (κ1) is 12.6. The molecule has 2 heterocycles. The Bertz CT molecular complexity index is 719. The van der Waals surface area contributed by atoms with Crippen LogP contribution in [0.5, 0.6) is 0 Å². The molecule has 3 rings (SSSR count). The van der Waals surface area contributed by atoms with Crippen LogP contribution < -0.4 is 0 Å². The minimum absolute atomic E-state index is 0.0775. The van der Waals surface area contributed by atoms with Gasteiger partial charge in [-0.2, -0.15) is 0 Å². The number of rotatable bonds is 3. The van der Waals surface area contributed by atoms with E-state index in [0.717, 1.165) is 5.82 Å². The smallest absolute Gasteiger partial charge is 0.194 e. The average Bonchev–Trinajstić information content (AvgIpc) is 3.02. The molecule has 0 amide bonds. The third-order valence-corrected chi connectivity index (χ3v) is 3.14. The minimum atomic E-state index is -0.0775. The fraction of sp³-hybridized carbons (Fsp3) is 0. The number of aromatic nitrogens is 3. The van der Waals surface area contributed by atoms with E-state index in [1.807, 2.05) is 0 Å². The highest BCUT2D eigenvalue weighted by Crippen LogP contribution is 2.14. The number of carbonyl (C=O) groups is 1. The molecule has 0 aliphatic heterocycles. The lowest BCUT2D eigenvalue weighted by atomic mass is 10.1. The molecule has 0 spiro atoms. The van der Waals surface area contributed by atoms with Crippen LogP contribution in [0.2, 0.25) is 5.02 Å². The second kappa shape index (κ2) is 5.27. The van der Waals surface area contributed by atoms with Gasteiger partial charge in [-0.15, -0.1) is 0 Å². The second-order valence-corrected chi connectivity index (χ2v) is 4.65. The molecule has 0 aliphatic carbocycles. The molecule has 0 saturated heterocycles. The molecule has 0 atom stereocenters. The zero-order valence-corrected chi connectivity index (χ0v) is 11.2. The lowest BCUT2D eigenvalue weighted by Gasteiger charge is -2.04. The van der Waals surface area contributed by atoms with Crippen molar-refractivity contribution in [2.24, 2.45) is 0 Å². The zero-order chi connectivity index (χ0) is 13.9. The maximum Gasteiger partial charge on any atom is 0.194 e. The summed E-state index contributed by atoms with van der Waals surface area (Å²) in [7, 11) is 0.